The number of benzene rings is 1. The number of nitrogens with one attached hydrogen (secondary N) is 2. The molecule has 1 rings (SSSR count). The van der Waals surface area contributed by atoms with Gasteiger partial charge in [-0.1, -0.05) is 32.9 Å². The normalized spacial score (nSPS) is 12.4. The van der Waals surface area contributed by atoms with Crippen molar-refractivity contribution in [3.05, 3.63) is 29.8 Å². The van der Waals surface area contributed by atoms with Gasteiger partial charge in [-0.05, 0) is 35.6 Å². The van der Waals surface area contributed by atoms with Crippen molar-refractivity contribution in [2.24, 2.45) is 0 Å². The molecule has 0 aliphatic carbocycles. The third kappa shape index (κ3) is 15.9. The van der Waals surface area contributed by atoms with E-state index < -0.39 is 52.2 Å². The summed E-state index contributed by atoms with van der Waals surface area (Å²) in [5.74, 6) is -1.81. The van der Waals surface area contributed by atoms with Crippen LogP contribution in [0.25, 0.3) is 0 Å². The van der Waals surface area contributed by atoms with Crippen molar-refractivity contribution in [3.63, 3.8) is 0 Å². The molecule has 0 bridgehead atoms. The fourth-order valence-corrected chi connectivity index (χ4v) is 5.44. The molecule has 220 valence electrons. The number of carboxylic acids is 2. The van der Waals surface area contributed by atoms with E-state index in [1.807, 2.05) is 20.8 Å². The second kappa shape index (κ2) is 19.9. The van der Waals surface area contributed by atoms with Gasteiger partial charge in [0.15, 0.2) is 11.6 Å². The average Bonchev–Trinajstić information content (AvgIpc) is 2.89. The highest BCUT2D eigenvalue weighted by Gasteiger charge is 2.27. The van der Waals surface area contributed by atoms with Gasteiger partial charge in [0, 0.05) is 0 Å². The number of thioether (sulfide) groups is 2. The first kappa shape index (κ1) is 36.9. The molecule has 1 amide bonds. The number of hydrogen-bond acceptors (Lipinski definition) is 10. The summed E-state index contributed by atoms with van der Waals surface area (Å²) in [5, 5.41) is 19.9. The summed E-state index contributed by atoms with van der Waals surface area (Å²) in [6.45, 7) is 5.67. The van der Waals surface area contributed by atoms with Gasteiger partial charge in [0.25, 0.3) is 0 Å². The van der Waals surface area contributed by atoms with Crippen LogP contribution in [0.5, 0.6) is 0 Å². The van der Waals surface area contributed by atoms with Crippen LogP contribution in [0.2, 0.25) is 0 Å². The van der Waals surface area contributed by atoms with Crippen molar-refractivity contribution >= 4 is 75.6 Å². The Balaban J connectivity index is 0.000000794. The van der Waals surface area contributed by atoms with Crippen molar-refractivity contribution in [2.45, 2.75) is 57.0 Å². The molecule has 2 atom stereocenters. The van der Waals surface area contributed by atoms with Crippen molar-refractivity contribution in [1.82, 2.24) is 10.0 Å². The lowest BCUT2D eigenvalue weighted by Gasteiger charge is -2.16. The molecule has 1 aromatic rings. The fraction of sp³-hybridized carbons (Fsp3) is 0.542. The average molecular weight is 625 g/mol. The molecule has 0 saturated carbocycles. The third-order valence-electron chi connectivity index (χ3n) is 4.82. The first-order valence-electron chi connectivity index (χ1n) is 12.0. The van der Waals surface area contributed by atoms with E-state index in [4.69, 9.17) is 10.2 Å². The predicted molar refractivity (Wildman–Crippen MR) is 156 cm³/mol. The first-order valence-corrected chi connectivity index (χ1v) is 16.4. The molecular formula is C24H36N2O9S4. The van der Waals surface area contributed by atoms with Gasteiger partial charge in [0.05, 0.1) is 47.1 Å². The maximum atomic E-state index is 12.4. The van der Waals surface area contributed by atoms with E-state index in [1.54, 1.807) is 12.1 Å². The lowest BCUT2D eigenvalue weighted by molar-refractivity contribution is -0.140. The number of thiol groups is 1. The predicted octanol–water partition coefficient (Wildman–Crippen LogP) is 1.89. The van der Waals surface area contributed by atoms with Gasteiger partial charge in [-0.2, -0.15) is 36.2 Å². The van der Waals surface area contributed by atoms with Crippen LogP contribution in [-0.2, 0) is 40.4 Å². The van der Waals surface area contributed by atoms with Gasteiger partial charge >= 0.3 is 11.9 Å². The molecular weight excluding hydrogens is 589 g/mol. The van der Waals surface area contributed by atoms with Crippen molar-refractivity contribution in [3.8, 4) is 0 Å². The SMILES string of the molecule is CCSCC(=O)[C@H](CC(=O)O)NC(=O)CS.CCSCC(=O)[C@H](CC(=O)O)NS(=O)(=O)c1cccc(CC)c1. The molecule has 0 saturated heterocycles. The Morgan fingerprint density at radius 1 is 0.897 bits per heavy atom. The standard InChI is InChI=1S/C15H21NO5S2.C9H15NO4S2/c1-3-11-6-5-7-12(8-11)23(20,21)16-13(9-15(18)19)14(17)10-22-4-2;1-2-16-5-7(11)6(3-9(13)14)10-8(12)4-15/h5-8,13,16H,3-4,9-10H2,1-2H3,(H,18,19);6,15H,2-5H2,1H3,(H,10,12)(H,13,14)/t13-;6-/m00/s1. The van der Waals surface area contributed by atoms with Crippen LogP contribution in [0.4, 0.5) is 0 Å². The van der Waals surface area contributed by atoms with Crippen molar-refractivity contribution < 1.29 is 42.6 Å². The lowest BCUT2D eigenvalue weighted by Crippen LogP contribution is -2.43. The maximum Gasteiger partial charge on any atom is 0.305 e. The molecule has 0 aromatic heterocycles. The minimum absolute atomic E-state index is 0.0307. The van der Waals surface area contributed by atoms with E-state index in [9.17, 15) is 32.4 Å². The summed E-state index contributed by atoms with van der Waals surface area (Å²) in [6.07, 6.45) is -0.285. The number of amides is 1. The Labute approximate surface area is 243 Å². The molecule has 0 unspecified atom stereocenters. The summed E-state index contributed by atoms with van der Waals surface area (Å²) < 4.78 is 27.0. The Kier molecular flexibility index (Phi) is 18.8. The van der Waals surface area contributed by atoms with Crippen LogP contribution in [0.3, 0.4) is 0 Å². The van der Waals surface area contributed by atoms with Gasteiger partial charge in [0.2, 0.25) is 15.9 Å². The van der Waals surface area contributed by atoms with E-state index in [0.29, 0.717) is 12.2 Å². The van der Waals surface area contributed by atoms with Gasteiger partial charge < -0.3 is 15.5 Å². The zero-order valence-electron chi connectivity index (χ0n) is 22.0. The van der Waals surface area contributed by atoms with E-state index >= 15 is 0 Å². The van der Waals surface area contributed by atoms with Crippen molar-refractivity contribution in [1.29, 1.82) is 0 Å². The fourth-order valence-electron chi connectivity index (χ4n) is 2.85. The zero-order valence-corrected chi connectivity index (χ0v) is 25.4. The molecule has 0 fully saturated rings. The molecule has 0 aliphatic heterocycles. The van der Waals surface area contributed by atoms with Crippen LogP contribution in [0.1, 0.15) is 39.2 Å². The summed E-state index contributed by atoms with van der Waals surface area (Å²) in [6, 6.07) is 4.15. The topological polar surface area (TPSA) is 184 Å². The number of ketones is 2. The van der Waals surface area contributed by atoms with Gasteiger partial charge in [-0.25, -0.2) is 13.1 Å². The summed E-state index contributed by atoms with van der Waals surface area (Å²) in [7, 11) is -3.95. The highest BCUT2D eigenvalue weighted by atomic mass is 32.2. The second-order valence-corrected chi connectivity index (χ2v) is 12.4. The lowest BCUT2D eigenvalue weighted by atomic mass is 10.1. The molecule has 0 aliphatic rings. The van der Waals surface area contributed by atoms with E-state index in [2.05, 4.69) is 22.7 Å². The summed E-state index contributed by atoms with van der Waals surface area (Å²) in [5.41, 5.74) is 0.843. The minimum Gasteiger partial charge on any atom is -0.481 e. The smallest absolute Gasteiger partial charge is 0.305 e. The third-order valence-corrected chi connectivity index (χ3v) is 8.38. The number of carbonyl (C=O) groups excluding carboxylic acids is 3. The van der Waals surface area contributed by atoms with Gasteiger partial charge in [-0.3, -0.25) is 24.0 Å². The molecule has 4 N–H and O–H groups in total. The first-order chi connectivity index (χ1) is 18.3. The maximum absolute atomic E-state index is 12.4. The van der Waals surface area contributed by atoms with E-state index in [1.165, 1.54) is 35.7 Å². The van der Waals surface area contributed by atoms with Crippen LogP contribution in [0.15, 0.2) is 29.2 Å². The zero-order chi connectivity index (χ0) is 30.0. The molecule has 39 heavy (non-hydrogen) atoms. The van der Waals surface area contributed by atoms with Crippen LogP contribution >= 0.6 is 36.2 Å². The minimum atomic E-state index is -3.95. The number of sulfonamides is 1. The molecule has 1 aromatic carbocycles. The van der Waals surface area contributed by atoms with Crippen LogP contribution < -0.4 is 10.0 Å². The summed E-state index contributed by atoms with van der Waals surface area (Å²) >= 11 is 6.46. The quantitative estimate of drug-likeness (QED) is 0.150. The number of aliphatic carboxylic acids is 2. The Hall–Kier alpha value is -2.07. The van der Waals surface area contributed by atoms with E-state index in [0.717, 1.165) is 11.3 Å². The van der Waals surface area contributed by atoms with Crippen LogP contribution in [0, 0.1) is 0 Å². The highest BCUT2D eigenvalue weighted by molar-refractivity contribution is 8.00. The Morgan fingerprint density at radius 3 is 1.87 bits per heavy atom. The number of carbonyl (C=O) groups is 5. The number of carboxylic acid groups (broad SMARTS) is 2. The second-order valence-electron chi connectivity index (χ2n) is 7.86. The number of aryl methyl sites for hydroxylation is 1. The van der Waals surface area contributed by atoms with Crippen molar-refractivity contribution in [2.75, 3.05) is 28.8 Å². The van der Waals surface area contributed by atoms with Gasteiger partial charge in [-0.15, -0.1) is 0 Å². The molecule has 11 nitrogen and oxygen atoms in total. The molecule has 0 spiro atoms. The Bertz CT molecular complexity index is 1080. The van der Waals surface area contributed by atoms with E-state index in [-0.39, 0.29) is 34.4 Å². The Morgan fingerprint density at radius 2 is 1.41 bits per heavy atom. The highest BCUT2D eigenvalue weighted by Crippen LogP contribution is 2.14. The van der Waals surface area contributed by atoms with Gasteiger partial charge in [0.1, 0.15) is 0 Å². The molecule has 0 heterocycles. The number of rotatable bonds is 18. The largest absolute Gasteiger partial charge is 0.481 e. The molecule has 15 heteroatoms. The monoisotopic (exact) mass is 624 g/mol. The number of Topliss-reactive ketones (excluding diaryl/α,β-unsaturated/α-hetero) is 2. The number of hydrogen-bond donors (Lipinski definition) is 5. The van der Waals surface area contributed by atoms with Crippen LogP contribution in [-0.4, -0.2) is 88.9 Å². The molecule has 0 radical (unpaired) electrons. The summed E-state index contributed by atoms with van der Waals surface area (Å²) in [4.78, 5) is 56.1.